The molecule has 0 saturated heterocycles. The molecule has 2 aromatic carbocycles. The van der Waals surface area contributed by atoms with Crippen molar-refractivity contribution in [2.24, 2.45) is 0 Å². The van der Waals surface area contributed by atoms with Crippen molar-refractivity contribution in [1.29, 1.82) is 0 Å². The quantitative estimate of drug-likeness (QED) is 0.596. The van der Waals surface area contributed by atoms with E-state index in [9.17, 15) is 9.59 Å². The van der Waals surface area contributed by atoms with Crippen LogP contribution < -0.4 is 15.6 Å². The number of carbonyl (C=O) groups is 1. The van der Waals surface area contributed by atoms with Crippen LogP contribution >= 0.6 is 0 Å². The van der Waals surface area contributed by atoms with Gasteiger partial charge in [-0.15, -0.1) is 0 Å². The highest BCUT2D eigenvalue weighted by Crippen LogP contribution is 2.27. The Morgan fingerprint density at radius 1 is 1.13 bits per heavy atom. The van der Waals surface area contributed by atoms with Gasteiger partial charge in [0.15, 0.2) is 0 Å². The second kappa shape index (κ2) is 9.25. The van der Waals surface area contributed by atoms with E-state index in [1.165, 1.54) is 6.42 Å². The number of nitrogens with zero attached hydrogens (tertiary/aromatic N) is 1. The zero-order valence-corrected chi connectivity index (χ0v) is 18.1. The van der Waals surface area contributed by atoms with Crippen molar-refractivity contribution >= 4 is 22.6 Å². The summed E-state index contributed by atoms with van der Waals surface area (Å²) < 4.78 is 5.38. The van der Waals surface area contributed by atoms with Crippen LogP contribution in [-0.2, 0) is 6.54 Å². The van der Waals surface area contributed by atoms with E-state index in [0.29, 0.717) is 17.0 Å². The van der Waals surface area contributed by atoms with Crippen molar-refractivity contribution in [3.8, 4) is 5.75 Å². The first-order valence-corrected chi connectivity index (χ1v) is 10.9. The summed E-state index contributed by atoms with van der Waals surface area (Å²) in [5.74, 6) is 0.610. The second-order valence-corrected chi connectivity index (χ2v) is 8.21. The summed E-state index contributed by atoms with van der Waals surface area (Å²) in [6.45, 7) is 2.25. The van der Waals surface area contributed by atoms with E-state index >= 15 is 0 Å². The number of hydrogen-bond acceptors (Lipinski definition) is 3. The molecule has 0 bridgehead atoms. The zero-order valence-electron chi connectivity index (χ0n) is 18.1. The number of amides is 2. The van der Waals surface area contributed by atoms with Crippen LogP contribution in [0.3, 0.4) is 0 Å². The number of aryl methyl sites for hydroxylation is 1. The molecule has 6 nitrogen and oxygen atoms in total. The minimum absolute atomic E-state index is 0.107. The van der Waals surface area contributed by atoms with E-state index in [0.717, 1.165) is 42.1 Å². The topological polar surface area (TPSA) is 74.4 Å². The highest BCUT2D eigenvalue weighted by Gasteiger charge is 2.27. The summed E-state index contributed by atoms with van der Waals surface area (Å²) in [5.41, 5.74) is 2.95. The van der Waals surface area contributed by atoms with E-state index < -0.39 is 0 Å². The van der Waals surface area contributed by atoms with Gasteiger partial charge in [0.05, 0.1) is 24.9 Å². The molecule has 0 radical (unpaired) electrons. The van der Waals surface area contributed by atoms with Gasteiger partial charge in [-0.1, -0.05) is 49.6 Å². The number of anilines is 1. The Labute approximate surface area is 182 Å². The van der Waals surface area contributed by atoms with E-state index in [1.807, 2.05) is 60.4 Å². The van der Waals surface area contributed by atoms with Gasteiger partial charge >= 0.3 is 6.03 Å². The number of hydrogen-bond donors (Lipinski definition) is 2. The van der Waals surface area contributed by atoms with Crippen molar-refractivity contribution in [3.05, 3.63) is 70.0 Å². The van der Waals surface area contributed by atoms with Gasteiger partial charge in [0.2, 0.25) is 0 Å². The number of nitrogens with one attached hydrogen (secondary N) is 2. The first-order chi connectivity index (χ1) is 15.1. The molecule has 3 aromatic rings. The summed E-state index contributed by atoms with van der Waals surface area (Å²) in [7, 11) is 1.58. The van der Waals surface area contributed by atoms with Crippen LogP contribution in [0, 0.1) is 6.92 Å². The lowest BCUT2D eigenvalue weighted by molar-refractivity contribution is 0.162. The van der Waals surface area contributed by atoms with Gasteiger partial charge in [-0.25, -0.2) is 4.79 Å². The molecule has 0 unspecified atom stereocenters. The number of urea groups is 1. The number of methoxy groups -OCH3 is 1. The molecule has 1 aliphatic carbocycles. The van der Waals surface area contributed by atoms with Gasteiger partial charge in [-0.3, -0.25) is 4.79 Å². The standard InChI is InChI=1S/C25H29N3O3/c1-17-9-8-10-18-15-19(24(29)27-23(17)18)16-28(20-11-4-3-5-12-20)25(30)26-21-13-6-7-14-22(21)31-2/h6-10,13-15,20H,3-5,11-12,16H2,1-2H3,(H,26,30)(H,27,29). The largest absolute Gasteiger partial charge is 0.495 e. The molecule has 2 amide bonds. The molecule has 1 aromatic heterocycles. The molecular weight excluding hydrogens is 390 g/mol. The second-order valence-electron chi connectivity index (χ2n) is 8.21. The lowest BCUT2D eigenvalue weighted by Crippen LogP contribution is -2.44. The fourth-order valence-electron chi connectivity index (χ4n) is 4.42. The molecule has 0 atom stereocenters. The summed E-state index contributed by atoms with van der Waals surface area (Å²) in [5, 5.41) is 3.97. The monoisotopic (exact) mass is 419 g/mol. The number of fused-ring (bicyclic) bond motifs is 1. The average molecular weight is 420 g/mol. The van der Waals surface area contributed by atoms with Crippen LogP contribution in [0.15, 0.2) is 53.3 Å². The Bertz CT molecular complexity index is 1130. The predicted octanol–water partition coefficient (Wildman–Crippen LogP) is 5.21. The summed E-state index contributed by atoms with van der Waals surface area (Å²) in [6.07, 6.45) is 5.27. The van der Waals surface area contributed by atoms with Gasteiger partial charge < -0.3 is 19.9 Å². The Hall–Kier alpha value is -3.28. The van der Waals surface area contributed by atoms with E-state index in [2.05, 4.69) is 10.3 Å². The maximum atomic E-state index is 13.4. The zero-order chi connectivity index (χ0) is 21.8. The van der Waals surface area contributed by atoms with Crippen molar-refractivity contribution in [1.82, 2.24) is 9.88 Å². The maximum Gasteiger partial charge on any atom is 0.322 e. The van der Waals surface area contributed by atoms with Crippen LogP contribution in [0.5, 0.6) is 5.75 Å². The van der Waals surface area contributed by atoms with Crippen molar-refractivity contribution in [2.75, 3.05) is 12.4 Å². The number of carbonyl (C=O) groups excluding carboxylic acids is 1. The molecule has 1 heterocycles. The number of benzene rings is 2. The first-order valence-electron chi connectivity index (χ1n) is 10.9. The Balaban J connectivity index is 1.65. The van der Waals surface area contributed by atoms with Gasteiger partial charge in [0, 0.05) is 11.6 Å². The van der Waals surface area contributed by atoms with E-state index in [4.69, 9.17) is 4.74 Å². The van der Waals surface area contributed by atoms with Gasteiger partial charge in [0.1, 0.15) is 5.75 Å². The molecule has 6 heteroatoms. The minimum Gasteiger partial charge on any atom is -0.495 e. The molecule has 0 aliphatic heterocycles. The molecule has 1 aliphatic rings. The van der Waals surface area contributed by atoms with E-state index in [-0.39, 0.29) is 24.2 Å². The SMILES string of the molecule is COc1ccccc1NC(=O)N(Cc1cc2cccc(C)c2[nH]c1=O)C1CCCCC1. The third-order valence-electron chi connectivity index (χ3n) is 6.13. The Morgan fingerprint density at radius 2 is 1.90 bits per heavy atom. The van der Waals surface area contributed by atoms with Crippen molar-refractivity contribution in [2.45, 2.75) is 51.6 Å². The Kier molecular flexibility index (Phi) is 6.26. The van der Waals surface area contributed by atoms with Crippen LogP contribution in [0.2, 0.25) is 0 Å². The van der Waals surface area contributed by atoms with Crippen molar-refractivity contribution < 1.29 is 9.53 Å². The van der Waals surface area contributed by atoms with Gasteiger partial charge in [-0.2, -0.15) is 0 Å². The maximum absolute atomic E-state index is 13.4. The van der Waals surface area contributed by atoms with Gasteiger partial charge in [-0.05, 0) is 48.9 Å². The number of pyridine rings is 1. The molecule has 4 rings (SSSR count). The number of ether oxygens (including phenoxy) is 1. The molecular formula is C25H29N3O3. The molecule has 162 valence electrons. The normalized spacial score (nSPS) is 14.4. The van der Waals surface area contributed by atoms with Crippen LogP contribution in [0.4, 0.5) is 10.5 Å². The Morgan fingerprint density at radius 3 is 2.68 bits per heavy atom. The van der Waals surface area contributed by atoms with Crippen LogP contribution in [0.25, 0.3) is 10.9 Å². The lowest BCUT2D eigenvalue weighted by Gasteiger charge is -2.34. The lowest BCUT2D eigenvalue weighted by atomic mass is 9.94. The fraction of sp³-hybridized carbons (Fsp3) is 0.360. The smallest absolute Gasteiger partial charge is 0.322 e. The number of H-pyrrole nitrogens is 1. The molecule has 31 heavy (non-hydrogen) atoms. The summed E-state index contributed by atoms with van der Waals surface area (Å²) >= 11 is 0. The van der Waals surface area contributed by atoms with Crippen LogP contribution in [0.1, 0.15) is 43.2 Å². The van der Waals surface area contributed by atoms with Crippen molar-refractivity contribution in [3.63, 3.8) is 0 Å². The summed E-state index contributed by atoms with van der Waals surface area (Å²) in [6, 6.07) is 15.1. The number of para-hydroxylation sites is 3. The third kappa shape index (κ3) is 4.58. The minimum atomic E-state index is -0.208. The number of aromatic nitrogens is 1. The third-order valence-corrected chi connectivity index (χ3v) is 6.13. The average Bonchev–Trinajstić information content (AvgIpc) is 2.79. The van der Waals surface area contributed by atoms with Gasteiger partial charge in [0.25, 0.3) is 5.56 Å². The van der Waals surface area contributed by atoms with E-state index in [1.54, 1.807) is 7.11 Å². The molecule has 1 fully saturated rings. The number of rotatable bonds is 5. The van der Waals surface area contributed by atoms with Crippen LogP contribution in [-0.4, -0.2) is 29.1 Å². The molecule has 2 N–H and O–H groups in total. The first kappa shape index (κ1) is 21.0. The fourth-order valence-corrected chi connectivity index (χ4v) is 4.42. The number of aromatic amines is 1. The highest BCUT2D eigenvalue weighted by atomic mass is 16.5. The molecule has 1 saturated carbocycles. The highest BCUT2D eigenvalue weighted by molar-refractivity contribution is 5.91. The summed E-state index contributed by atoms with van der Waals surface area (Å²) in [4.78, 5) is 31.0. The predicted molar refractivity (Wildman–Crippen MR) is 124 cm³/mol. The molecule has 0 spiro atoms.